The quantitative estimate of drug-likeness (QED) is 0.770. The number of rotatable bonds is 5. The highest BCUT2D eigenvalue weighted by Gasteiger charge is 2.39. The molecule has 1 aliphatic heterocycles. The lowest BCUT2D eigenvalue weighted by atomic mass is 9.90. The number of benzene rings is 2. The molecule has 0 bridgehead atoms. The summed E-state index contributed by atoms with van der Waals surface area (Å²) < 4.78 is 18.4. The van der Waals surface area contributed by atoms with Crippen LogP contribution in [0.1, 0.15) is 35.8 Å². The van der Waals surface area contributed by atoms with E-state index < -0.39 is 0 Å². The predicted octanol–water partition coefficient (Wildman–Crippen LogP) is 2.81. The van der Waals surface area contributed by atoms with Crippen LogP contribution in [0.15, 0.2) is 48.5 Å². The van der Waals surface area contributed by atoms with Gasteiger partial charge in [0.2, 0.25) is 0 Å². The topological polar surface area (TPSA) is 62.4 Å². The Hall–Kier alpha value is -2.44. The number of hydrazine groups is 1. The monoisotopic (exact) mass is 357 g/mol. The first-order valence-electron chi connectivity index (χ1n) is 8.71. The lowest BCUT2D eigenvalue weighted by Gasteiger charge is -2.27. The molecule has 3 N–H and O–H groups in total. The Kier molecular flexibility index (Phi) is 5.54. The molecule has 0 aromatic heterocycles. The van der Waals surface area contributed by atoms with E-state index in [1.165, 1.54) is 12.1 Å². The van der Waals surface area contributed by atoms with Gasteiger partial charge in [0, 0.05) is 11.6 Å². The average Bonchev–Trinajstić information content (AvgIpc) is 3.06. The Balaban J connectivity index is 1.81. The van der Waals surface area contributed by atoms with E-state index in [2.05, 4.69) is 30.0 Å². The Morgan fingerprint density at radius 3 is 2.31 bits per heavy atom. The van der Waals surface area contributed by atoms with Crippen molar-refractivity contribution in [1.29, 1.82) is 0 Å². The van der Waals surface area contributed by atoms with E-state index in [9.17, 15) is 9.18 Å². The molecule has 1 saturated heterocycles. The number of halogens is 1. The predicted molar refractivity (Wildman–Crippen MR) is 98.3 cm³/mol. The molecule has 1 amide bonds. The normalized spacial score (nSPS) is 22.4. The lowest BCUT2D eigenvalue weighted by molar-refractivity contribution is 0.0925. The number of nitrogens with one attached hydrogen (secondary N) is 3. The standard InChI is InChI=1S/C20H24FN3O2/c1-12(2)17-19(18(24-23-17)13-4-8-15(21)9-5-13)22-20(25)14-6-10-16(26-3)11-7-14/h4-12,17-19,23-24H,1-3H3,(H,22,25). The number of amides is 1. The SMILES string of the molecule is COc1ccc(C(=O)NC2C(c3ccc(F)cc3)NNC2C(C)C)cc1. The molecular formula is C20H24FN3O2. The van der Waals surface area contributed by atoms with Crippen LogP contribution in [0, 0.1) is 11.7 Å². The molecule has 1 aliphatic rings. The molecule has 3 atom stereocenters. The third kappa shape index (κ3) is 3.86. The van der Waals surface area contributed by atoms with E-state index in [0.717, 1.165) is 5.56 Å². The first kappa shape index (κ1) is 18.4. The Morgan fingerprint density at radius 1 is 1.08 bits per heavy atom. The van der Waals surface area contributed by atoms with Gasteiger partial charge in [-0.05, 0) is 47.9 Å². The van der Waals surface area contributed by atoms with Gasteiger partial charge in [0.15, 0.2) is 0 Å². The zero-order chi connectivity index (χ0) is 18.7. The van der Waals surface area contributed by atoms with Crippen LogP contribution in [0.4, 0.5) is 4.39 Å². The van der Waals surface area contributed by atoms with E-state index >= 15 is 0 Å². The van der Waals surface area contributed by atoms with Crippen molar-refractivity contribution in [3.05, 3.63) is 65.5 Å². The fourth-order valence-corrected chi connectivity index (χ4v) is 3.27. The molecule has 1 heterocycles. The summed E-state index contributed by atoms with van der Waals surface area (Å²) in [5.74, 6) is 0.573. The Bertz CT molecular complexity index is 747. The van der Waals surface area contributed by atoms with Gasteiger partial charge in [0.1, 0.15) is 11.6 Å². The molecule has 3 unspecified atom stereocenters. The second kappa shape index (κ2) is 7.85. The van der Waals surface area contributed by atoms with Crippen LogP contribution < -0.4 is 20.9 Å². The van der Waals surface area contributed by atoms with Gasteiger partial charge in [-0.25, -0.2) is 9.82 Å². The minimum absolute atomic E-state index is 0.0484. The third-order valence-corrected chi connectivity index (χ3v) is 4.75. The molecule has 1 fully saturated rings. The van der Waals surface area contributed by atoms with Crippen LogP contribution in [0.25, 0.3) is 0 Å². The van der Waals surface area contributed by atoms with Crippen LogP contribution in [0.5, 0.6) is 5.75 Å². The van der Waals surface area contributed by atoms with Gasteiger partial charge in [-0.2, -0.15) is 0 Å². The molecule has 0 aliphatic carbocycles. The molecule has 3 rings (SSSR count). The summed E-state index contributed by atoms with van der Waals surface area (Å²) in [5, 5.41) is 3.13. The smallest absolute Gasteiger partial charge is 0.251 e. The number of hydrogen-bond donors (Lipinski definition) is 3. The highest BCUT2D eigenvalue weighted by Crippen LogP contribution is 2.27. The van der Waals surface area contributed by atoms with Gasteiger partial charge >= 0.3 is 0 Å². The zero-order valence-electron chi connectivity index (χ0n) is 15.1. The first-order chi connectivity index (χ1) is 12.5. The highest BCUT2D eigenvalue weighted by molar-refractivity contribution is 5.94. The molecule has 0 spiro atoms. The van der Waals surface area contributed by atoms with Crippen molar-refractivity contribution in [3.63, 3.8) is 0 Å². The van der Waals surface area contributed by atoms with Gasteiger partial charge in [0.05, 0.1) is 19.2 Å². The lowest BCUT2D eigenvalue weighted by Crippen LogP contribution is -2.48. The molecule has 5 nitrogen and oxygen atoms in total. The van der Waals surface area contributed by atoms with Gasteiger partial charge in [-0.1, -0.05) is 26.0 Å². The second-order valence-electron chi connectivity index (χ2n) is 6.82. The summed E-state index contributed by atoms with van der Waals surface area (Å²) in [6, 6.07) is 13.1. The van der Waals surface area contributed by atoms with Crippen LogP contribution in [0.3, 0.4) is 0 Å². The van der Waals surface area contributed by atoms with E-state index in [1.807, 2.05) is 0 Å². The molecule has 0 radical (unpaired) electrons. The largest absolute Gasteiger partial charge is 0.497 e. The van der Waals surface area contributed by atoms with Gasteiger partial charge in [-0.3, -0.25) is 10.2 Å². The zero-order valence-corrected chi connectivity index (χ0v) is 15.1. The summed E-state index contributed by atoms with van der Waals surface area (Å²) >= 11 is 0. The van der Waals surface area contributed by atoms with Gasteiger partial charge < -0.3 is 10.1 Å². The van der Waals surface area contributed by atoms with Crippen LogP contribution in [-0.2, 0) is 0 Å². The molecule has 2 aromatic carbocycles. The van der Waals surface area contributed by atoms with Crippen LogP contribution in [-0.4, -0.2) is 25.1 Å². The maximum atomic E-state index is 13.3. The fourth-order valence-electron chi connectivity index (χ4n) is 3.27. The Morgan fingerprint density at radius 2 is 1.73 bits per heavy atom. The van der Waals surface area contributed by atoms with E-state index in [0.29, 0.717) is 17.2 Å². The molecule has 0 saturated carbocycles. The summed E-state index contributed by atoms with van der Waals surface area (Å²) in [5.41, 5.74) is 7.99. The number of ether oxygens (including phenoxy) is 1. The number of methoxy groups -OCH3 is 1. The molecule has 138 valence electrons. The number of carbonyl (C=O) groups is 1. The van der Waals surface area contributed by atoms with E-state index in [-0.39, 0.29) is 29.8 Å². The minimum Gasteiger partial charge on any atom is -0.497 e. The van der Waals surface area contributed by atoms with E-state index in [4.69, 9.17) is 4.74 Å². The first-order valence-corrected chi connectivity index (χ1v) is 8.71. The fraction of sp³-hybridized carbons (Fsp3) is 0.350. The van der Waals surface area contributed by atoms with Crippen molar-refractivity contribution in [2.24, 2.45) is 5.92 Å². The van der Waals surface area contributed by atoms with Crippen molar-refractivity contribution in [3.8, 4) is 5.75 Å². The van der Waals surface area contributed by atoms with Crippen LogP contribution in [0.2, 0.25) is 0 Å². The van der Waals surface area contributed by atoms with Crippen molar-refractivity contribution in [1.82, 2.24) is 16.2 Å². The molecule has 2 aromatic rings. The molecular weight excluding hydrogens is 333 g/mol. The van der Waals surface area contributed by atoms with E-state index in [1.54, 1.807) is 43.5 Å². The third-order valence-electron chi connectivity index (χ3n) is 4.75. The maximum absolute atomic E-state index is 13.3. The summed E-state index contributed by atoms with van der Waals surface area (Å²) in [7, 11) is 1.59. The van der Waals surface area contributed by atoms with Gasteiger partial charge in [0.25, 0.3) is 5.91 Å². The summed E-state index contributed by atoms with van der Waals surface area (Å²) in [4.78, 5) is 12.7. The summed E-state index contributed by atoms with van der Waals surface area (Å²) in [6.07, 6.45) is 0. The number of carbonyl (C=O) groups excluding carboxylic acids is 1. The molecule has 6 heteroatoms. The summed E-state index contributed by atoms with van der Waals surface area (Å²) in [6.45, 7) is 4.19. The highest BCUT2D eigenvalue weighted by atomic mass is 19.1. The van der Waals surface area contributed by atoms with Crippen molar-refractivity contribution in [2.75, 3.05) is 7.11 Å². The molecule has 26 heavy (non-hydrogen) atoms. The van der Waals surface area contributed by atoms with Crippen molar-refractivity contribution >= 4 is 5.91 Å². The minimum atomic E-state index is -0.279. The number of hydrogen-bond acceptors (Lipinski definition) is 4. The van der Waals surface area contributed by atoms with Gasteiger partial charge in [-0.15, -0.1) is 0 Å². The average molecular weight is 357 g/mol. The second-order valence-corrected chi connectivity index (χ2v) is 6.82. The van der Waals surface area contributed by atoms with Crippen molar-refractivity contribution in [2.45, 2.75) is 32.0 Å². The maximum Gasteiger partial charge on any atom is 0.251 e. The van der Waals surface area contributed by atoms with Crippen LogP contribution >= 0.6 is 0 Å². The van der Waals surface area contributed by atoms with Crippen molar-refractivity contribution < 1.29 is 13.9 Å². The Labute approximate surface area is 152 Å².